The summed E-state index contributed by atoms with van der Waals surface area (Å²) in [7, 11) is 0. The number of thiophene rings is 1. The van der Waals surface area contributed by atoms with Gasteiger partial charge in [-0.2, -0.15) is 0 Å². The minimum atomic E-state index is 0.923. The Hall–Kier alpha value is -8.50. The average Bonchev–Trinajstić information content (AvgIpc) is 3.80. The SMILES string of the molecule is c1ccc(-c2c(-c3ccc(-c4ccc(-c5ccc6ccc7cccnc7c6n5)c5ccccc45)cc3)sc(-c3c4ccccc4c(-c4ccccc4)c4ccccc34)c2-c2ccccc2)cc1. The molecule has 0 radical (unpaired) electrons. The molecule has 0 aliphatic carbocycles. The van der Waals surface area contributed by atoms with Crippen LogP contribution in [0.2, 0.25) is 0 Å². The number of rotatable bonds is 7. The number of hydrogen-bond acceptors (Lipinski definition) is 3. The molecule has 13 rings (SSSR count). The lowest BCUT2D eigenvalue weighted by Crippen LogP contribution is -1.91. The molecule has 0 saturated heterocycles. The molecule has 10 aromatic carbocycles. The zero-order valence-electron chi connectivity index (χ0n) is 36.4. The molecule has 67 heavy (non-hydrogen) atoms. The third-order valence-corrected chi connectivity index (χ3v) is 14.6. The van der Waals surface area contributed by atoms with Gasteiger partial charge in [0, 0.05) is 49.0 Å². The Morgan fingerprint density at radius 1 is 0.269 bits per heavy atom. The first-order valence-electron chi connectivity index (χ1n) is 22.8. The van der Waals surface area contributed by atoms with Gasteiger partial charge < -0.3 is 0 Å². The van der Waals surface area contributed by atoms with Gasteiger partial charge in [-0.3, -0.25) is 4.98 Å². The summed E-state index contributed by atoms with van der Waals surface area (Å²) in [5.74, 6) is 0. The number of pyridine rings is 2. The van der Waals surface area contributed by atoms with Crippen molar-refractivity contribution in [2.24, 2.45) is 0 Å². The van der Waals surface area contributed by atoms with E-state index in [1.807, 2.05) is 23.6 Å². The lowest BCUT2D eigenvalue weighted by Gasteiger charge is -2.18. The highest BCUT2D eigenvalue weighted by Gasteiger charge is 2.27. The van der Waals surface area contributed by atoms with Crippen molar-refractivity contribution in [1.82, 2.24) is 9.97 Å². The fourth-order valence-electron chi connectivity index (χ4n) is 10.3. The molecule has 3 aromatic heterocycles. The maximum absolute atomic E-state index is 5.25. The molecule has 312 valence electrons. The number of hydrogen-bond donors (Lipinski definition) is 0. The van der Waals surface area contributed by atoms with Gasteiger partial charge in [-0.05, 0) is 83.4 Å². The van der Waals surface area contributed by atoms with Crippen LogP contribution in [0.3, 0.4) is 0 Å². The highest BCUT2D eigenvalue weighted by atomic mass is 32.1. The van der Waals surface area contributed by atoms with Gasteiger partial charge in [0.15, 0.2) is 0 Å². The molecule has 0 saturated carbocycles. The third-order valence-electron chi connectivity index (χ3n) is 13.3. The summed E-state index contributed by atoms with van der Waals surface area (Å²) in [4.78, 5) is 12.5. The van der Waals surface area contributed by atoms with Crippen LogP contribution < -0.4 is 0 Å². The lowest BCUT2D eigenvalue weighted by atomic mass is 9.85. The van der Waals surface area contributed by atoms with E-state index in [9.17, 15) is 0 Å². The predicted molar refractivity (Wildman–Crippen MR) is 285 cm³/mol. The Morgan fingerprint density at radius 2 is 0.716 bits per heavy atom. The summed E-state index contributed by atoms with van der Waals surface area (Å²) < 4.78 is 0. The number of aromatic nitrogens is 2. The van der Waals surface area contributed by atoms with E-state index in [0.29, 0.717) is 0 Å². The minimum absolute atomic E-state index is 0.923. The summed E-state index contributed by atoms with van der Waals surface area (Å²) in [6, 6.07) is 85.9. The first-order chi connectivity index (χ1) is 33.3. The summed E-state index contributed by atoms with van der Waals surface area (Å²) >= 11 is 1.91. The summed E-state index contributed by atoms with van der Waals surface area (Å²) in [5, 5.41) is 9.54. The summed E-state index contributed by atoms with van der Waals surface area (Å²) in [6.07, 6.45) is 1.85. The summed E-state index contributed by atoms with van der Waals surface area (Å²) in [6.45, 7) is 0. The molecule has 0 N–H and O–H groups in total. The van der Waals surface area contributed by atoms with Crippen LogP contribution in [-0.2, 0) is 0 Å². The van der Waals surface area contributed by atoms with E-state index in [1.54, 1.807) is 0 Å². The number of fused-ring (bicyclic) bond motifs is 6. The average molecular weight is 869 g/mol. The van der Waals surface area contributed by atoms with Crippen LogP contribution in [0.25, 0.3) is 131 Å². The largest absolute Gasteiger partial charge is 0.254 e. The molecule has 13 aromatic rings. The maximum atomic E-state index is 5.25. The van der Waals surface area contributed by atoms with E-state index < -0.39 is 0 Å². The molecule has 0 bridgehead atoms. The molecule has 2 nitrogen and oxygen atoms in total. The van der Waals surface area contributed by atoms with Crippen molar-refractivity contribution >= 4 is 65.5 Å². The Kier molecular flexibility index (Phi) is 9.40. The van der Waals surface area contributed by atoms with Gasteiger partial charge in [0.05, 0.1) is 16.7 Å². The van der Waals surface area contributed by atoms with Crippen molar-refractivity contribution < 1.29 is 0 Å². The lowest BCUT2D eigenvalue weighted by molar-refractivity contribution is 1.37. The van der Waals surface area contributed by atoms with E-state index in [-0.39, 0.29) is 0 Å². The monoisotopic (exact) mass is 868 g/mol. The standard InChI is InChI=1S/C64H40N2S/c1-4-17-42(18-5-1)57-52-26-12-14-28-54(52)60(55-29-15-13-27-53(55)57)64-59(44-21-8-3-9-22-44)58(43-19-6-2-7-20-43)63(67-64)47-34-30-41(31-35-47)48-37-38-51(50-25-11-10-24-49(48)50)56-39-36-46-33-32-45-23-16-40-65-61(45)62(46)66-56/h1-40H. The van der Waals surface area contributed by atoms with Crippen molar-refractivity contribution in [2.75, 3.05) is 0 Å². The fourth-order valence-corrected chi connectivity index (χ4v) is 11.7. The van der Waals surface area contributed by atoms with Crippen molar-refractivity contribution in [3.05, 3.63) is 243 Å². The summed E-state index contributed by atoms with van der Waals surface area (Å²) in [5.41, 5.74) is 16.1. The first-order valence-corrected chi connectivity index (χ1v) is 23.6. The van der Waals surface area contributed by atoms with Crippen LogP contribution >= 0.6 is 11.3 Å². The van der Waals surface area contributed by atoms with Crippen LogP contribution in [0.15, 0.2) is 243 Å². The van der Waals surface area contributed by atoms with Crippen molar-refractivity contribution in [3.63, 3.8) is 0 Å². The molecule has 0 aliphatic rings. The normalized spacial score (nSPS) is 11.6. The highest BCUT2D eigenvalue weighted by molar-refractivity contribution is 7.20. The van der Waals surface area contributed by atoms with E-state index in [1.165, 1.54) is 97.7 Å². The topological polar surface area (TPSA) is 25.8 Å². The molecule has 0 aliphatic heterocycles. The van der Waals surface area contributed by atoms with Crippen molar-refractivity contribution in [2.45, 2.75) is 0 Å². The van der Waals surface area contributed by atoms with E-state index in [0.717, 1.165) is 33.1 Å². The quantitative estimate of drug-likeness (QED) is 0.118. The Balaban J connectivity index is 1.00. The number of benzene rings is 10. The van der Waals surface area contributed by atoms with Crippen molar-refractivity contribution in [3.8, 4) is 76.6 Å². The first kappa shape index (κ1) is 38.9. The Morgan fingerprint density at radius 3 is 1.31 bits per heavy atom. The number of nitrogens with zero attached hydrogens (tertiary/aromatic N) is 2. The smallest absolute Gasteiger partial charge is 0.0972 e. The molecule has 0 atom stereocenters. The second kappa shape index (κ2) is 16.2. The molecule has 0 fully saturated rings. The molecule has 0 amide bonds. The zero-order valence-corrected chi connectivity index (χ0v) is 37.2. The second-order valence-corrected chi connectivity index (χ2v) is 18.2. The molecular weight excluding hydrogens is 829 g/mol. The molecular formula is C64H40N2S. The van der Waals surface area contributed by atoms with Gasteiger partial charge in [0.25, 0.3) is 0 Å². The van der Waals surface area contributed by atoms with Gasteiger partial charge in [-0.15, -0.1) is 11.3 Å². The fraction of sp³-hybridized carbons (Fsp3) is 0. The van der Waals surface area contributed by atoms with Gasteiger partial charge in [-0.1, -0.05) is 224 Å². The van der Waals surface area contributed by atoms with Crippen molar-refractivity contribution in [1.29, 1.82) is 0 Å². The van der Waals surface area contributed by atoms with Gasteiger partial charge in [0.1, 0.15) is 0 Å². The van der Waals surface area contributed by atoms with Crippen LogP contribution in [0.5, 0.6) is 0 Å². The predicted octanol–water partition coefficient (Wildman–Crippen LogP) is 18.0. The van der Waals surface area contributed by atoms with Crippen LogP contribution in [0.1, 0.15) is 0 Å². The highest BCUT2D eigenvalue weighted by Crippen LogP contribution is 2.55. The maximum Gasteiger partial charge on any atom is 0.0972 e. The minimum Gasteiger partial charge on any atom is -0.254 e. The van der Waals surface area contributed by atoms with E-state index >= 15 is 0 Å². The van der Waals surface area contributed by atoms with Crippen LogP contribution in [0.4, 0.5) is 0 Å². The van der Waals surface area contributed by atoms with E-state index in [2.05, 4.69) is 231 Å². The molecule has 0 unspecified atom stereocenters. The van der Waals surface area contributed by atoms with Crippen LogP contribution in [0, 0.1) is 0 Å². The van der Waals surface area contributed by atoms with E-state index in [4.69, 9.17) is 9.97 Å². The Labute approximate surface area is 392 Å². The van der Waals surface area contributed by atoms with Crippen LogP contribution in [-0.4, -0.2) is 9.97 Å². The third kappa shape index (κ3) is 6.55. The molecule has 3 heterocycles. The molecule has 0 spiro atoms. The van der Waals surface area contributed by atoms with Gasteiger partial charge >= 0.3 is 0 Å². The van der Waals surface area contributed by atoms with Gasteiger partial charge in [-0.25, -0.2) is 4.98 Å². The second-order valence-electron chi connectivity index (χ2n) is 17.1. The molecule has 3 heteroatoms. The zero-order chi connectivity index (χ0) is 44.3. The van der Waals surface area contributed by atoms with Gasteiger partial charge in [0.2, 0.25) is 0 Å². The Bertz CT molecular complexity index is 3950.